The van der Waals surface area contributed by atoms with Gasteiger partial charge in [0.15, 0.2) is 0 Å². The minimum Gasteiger partial charge on any atom is -0.355 e. The average Bonchev–Trinajstić information content (AvgIpc) is 2.37. The zero-order chi connectivity index (χ0) is 15.4. The van der Waals surface area contributed by atoms with Crippen LogP contribution in [-0.2, 0) is 9.59 Å². The van der Waals surface area contributed by atoms with Crippen LogP contribution < -0.4 is 10.6 Å². The summed E-state index contributed by atoms with van der Waals surface area (Å²) < 4.78 is 0. The van der Waals surface area contributed by atoms with Gasteiger partial charge < -0.3 is 10.6 Å². The number of amides is 2. The average molecular weight is 321 g/mol. The molecule has 6 heteroatoms. The van der Waals surface area contributed by atoms with Crippen molar-refractivity contribution in [1.29, 1.82) is 0 Å². The summed E-state index contributed by atoms with van der Waals surface area (Å²) in [7, 11) is 0. The lowest BCUT2D eigenvalue weighted by Crippen LogP contribution is -2.29. The van der Waals surface area contributed by atoms with Gasteiger partial charge in [-0.2, -0.15) is 0 Å². The highest BCUT2D eigenvalue weighted by atomic mass is 32.2. The second-order valence-corrected chi connectivity index (χ2v) is 8.26. The first kappa shape index (κ1) is 19.6. The molecule has 0 atom stereocenters. The number of carbonyl (C=O) groups is 2. The van der Waals surface area contributed by atoms with E-state index in [2.05, 4.69) is 38.3 Å². The number of nitrogens with one attached hydrogen (secondary N) is 2. The standard InChI is InChI=1S/C14H28N2O2S2/c1-11(2)19-9-13(17)15-7-5-6-8-16-14(18)10-20-12(3)4/h11-12H,5-10H2,1-4H3,(H,15,17)(H,16,18). The van der Waals surface area contributed by atoms with E-state index in [1.807, 2.05) is 0 Å². The van der Waals surface area contributed by atoms with Crippen LogP contribution in [0, 0.1) is 0 Å². The smallest absolute Gasteiger partial charge is 0.230 e. The van der Waals surface area contributed by atoms with Gasteiger partial charge in [-0.3, -0.25) is 9.59 Å². The lowest BCUT2D eigenvalue weighted by Gasteiger charge is -2.08. The minimum absolute atomic E-state index is 0.0982. The summed E-state index contributed by atoms with van der Waals surface area (Å²) in [4.78, 5) is 22.9. The van der Waals surface area contributed by atoms with Crippen LogP contribution in [0.15, 0.2) is 0 Å². The van der Waals surface area contributed by atoms with Gasteiger partial charge in [-0.05, 0) is 23.3 Å². The Labute approximate surface area is 131 Å². The van der Waals surface area contributed by atoms with Gasteiger partial charge in [-0.1, -0.05) is 27.7 Å². The molecule has 2 amide bonds. The summed E-state index contributed by atoms with van der Waals surface area (Å²) in [5, 5.41) is 6.75. The second-order valence-electron chi connectivity index (χ2n) is 5.13. The van der Waals surface area contributed by atoms with E-state index < -0.39 is 0 Å². The fraction of sp³-hybridized carbons (Fsp3) is 0.857. The molecule has 4 nitrogen and oxygen atoms in total. The molecule has 0 aromatic heterocycles. The molecule has 0 aliphatic carbocycles. The molecular formula is C14H28N2O2S2. The quantitative estimate of drug-likeness (QED) is 0.574. The van der Waals surface area contributed by atoms with Crippen LogP contribution in [0.5, 0.6) is 0 Å². The molecule has 0 aliphatic heterocycles. The highest BCUT2D eigenvalue weighted by Gasteiger charge is 2.04. The molecule has 2 N–H and O–H groups in total. The molecule has 0 bridgehead atoms. The van der Waals surface area contributed by atoms with Crippen LogP contribution in [0.1, 0.15) is 40.5 Å². The van der Waals surface area contributed by atoms with Crippen LogP contribution in [-0.4, -0.2) is 46.9 Å². The van der Waals surface area contributed by atoms with E-state index in [1.54, 1.807) is 23.5 Å². The third-order valence-corrected chi connectivity index (χ3v) is 4.53. The third kappa shape index (κ3) is 14.1. The molecule has 0 saturated carbocycles. The van der Waals surface area contributed by atoms with Gasteiger partial charge in [0.2, 0.25) is 11.8 Å². The Morgan fingerprint density at radius 1 is 0.800 bits per heavy atom. The zero-order valence-corrected chi connectivity index (χ0v) is 14.7. The third-order valence-electron chi connectivity index (χ3n) is 2.34. The van der Waals surface area contributed by atoms with E-state index >= 15 is 0 Å². The Morgan fingerprint density at radius 2 is 1.15 bits per heavy atom. The van der Waals surface area contributed by atoms with Gasteiger partial charge in [0.25, 0.3) is 0 Å². The number of hydrogen-bond donors (Lipinski definition) is 2. The summed E-state index contributed by atoms with van der Waals surface area (Å²) in [5.74, 6) is 1.25. The van der Waals surface area contributed by atoms with Crippen LogP contribution in [0.25, 0.3) is 0 Å². The molecule has 118 valence electrons. The van der Waals surface area contributed by atoms with Gasteiger partial charge >= 0.3 is 0 Å². The monoisotopic (exact) mass is 320 g/mol. The summed E-state index contributed by atoms with van der Waals surface area (Å²) in [5.41, 5.74) is 0. The molecule has 0 rings (SSSR count). The van der Waals surface area contributed by atoms with Crippen molar-refractivity contribution in [3.05, 3.63) is 0 Å². The van der Waals surface area contributed by atoms with Crippen molar-refractivity contribution in [3.63, 3.8) is 0 Å². The van der Waals surface area contributed by atoms with E-state index in [0.29, 0.717) is 35.1 Å². The Hall–Kier alpha value is -0.360. The molecule has 0 fully saturated rings. The van der Waals surface area contributed by atoms with E-state index in [0.717, 1.165) is 12.8 Å². The van der Waals surface area contributed by atoms with Crippen molar-refractivity contribution in [3.8, 4) is 0 Å². The number of carbonyl (C=O) groups excluding carboxylic acids is 2. The minimum atomic E-state index is 0.0982. The summed E-state index contributed by atoms with van der Waals surface area (Å²) >= 11 is 3.30. The van der Waals surface area contributed by atoms with Crippen molar-refractivity contribution in [2.75, 3.05) is 24.6 Å². The number of hydrogen-bond acceptors (Lipinski definition) is 4. The molecule has 0 aliphatic rings. The molecule has 0 aromatic carbocycles. The van der Waals surface area contributed by atoms with E-state index in [9.17, 15) is 9.59 Å². The Morgan fingerprint density at radius 3 is 1.45 bits per heavy atom. The lowest BCUT2D eigenvalue weighted by atomic mass is 10.3. The van der Waals surface area contributed by atoms with Crippen LogP contribution in [0.3, 0.4) is 0 Å². The maximum Gasteiger partial charge on any atom is 0.230 e. The van der Waals surface area contributed by atoms with Gasteiger partial charge in [-0.15, -0.1) is 23.5 Å². The predicted octanol–water partition coefficient (Wildman–Crippen LogP) is 2.28. The van der Waals surface area contributed by atoms with Gasteiger partial charge in [0.05, 0.1) is 11.5 Å². The molecule has 0 unspecified atom stereocenters. The van der Waals surface area contributed by atoms with Crippen molar-refractivity contribution in [1.82, 2.24) is 10.6 Å². The second kappa shape index (κ2) is 12.4. The Balaban J connectivity index is 3.35. The maximum atomic E-state index is 11.4. The van der Waals surface area contributed by atoms with E-state index in [1.165, 1.54) is 0 Å². The van der Waals surface area contributed by atoms with Gasteiger partial charge in [-0.25, -0.2) is 0 Å². The number of thioether (sulfide) groups is 2. The molecule has 0 aromatic rings. The number of unbranched alkanes of at least 4 members (excludes halogenated alkanes) is 1. The first-order chi connectivity index (χ1) is 9.41. The molecule has 0 spiro atoms. The van der Waals surface area contributed by atoms with Crippen LogP contribution in [0.4, 0.5) is 0 Å². The van der Waals surface area contributed by atoms with E-state index in [-0.39, 0.29) is 11.8 Å². The zero-order valence-electron chi connectivity index (χ0n) is 13.0. The fourth-order valence-electron chi connectivity index (χ4n) is 1.29. The summed E-state index contributed by atoms with van der Waals surface area (Å²) in [6, 6.07) is 0. The van der Waals surface area contributed by atoms with E-state index in [4.69, 9.17) is 0 Å². The molecule has 0 saturated heterocycles. The highest BCUT2D eigenvalue weighted by molar-refractivity contribution is 8.00. The first-order valence-electron chi connectivity index (χ1n) is 7.18. The maximum absolute atomic E-state index is 11.4. The lowest BCUT2D eigenvalue weighted by molar-refractivity contribution is -0.119. The largest absolute Gasteiger partial charge is 0.355 e. The SMILES string of the molecule is CC(C)SCC(=O)NCCCCNC(=O)CSC(C)C. The predicted molar refractivity (Wildman–Crippen MR) is 90.4 cm³/mol. The highest BCUT2D eigenvalue weighted by Crippen LogP contribution is 2.08. The van der Waals surface area contributed by atoms with Crippen molar-refractivity contribution < 1.29 is 9.59 Å². The van der Waals surface area contributed by atoms with Crippen molar-refractivity contribution >= 4 is 35.3 Å². The van der Waals surface area contributed by atoms with Crippen LogP contribution in [0.2, 0.25) is 0 Å². The van der Waals surface area contributed by atoms with Crippen molar-refractivity contribution in [2.24, 2.45) is 0 Å². The Kier molecular flexibility index (Phi) is 12.2. The Bertz CT molecular complexity index is 256. The molecule has 0 radical (unpaired) electrons. The molecule has 0 heterocycles. The normalized spacial score (nSPS) is 10.9. The van der Waals surface area contributed by atoms with Crippen LogP contribution >= 0.6 is 23.5 Å². The topological polar surface area (TPSA) is 58.2 Å². The number of rotatable bonds is 11. The fourth-order valence-corrected chi connectivity index (χ4v) is 2.47. The summed E-state index contributed by atoms with van der Waals surface area (Å²) in [6.45, 7) is 9.70. The summed E-state index contributed by atoms with van der Waals surface area (Å²) in [6.07, 6.45) is 1.80. The van der Waals surface area contributed by atoms with Gasteiger partial charge in [0.1, 0.15) is 0 Å². The molecular weight excluding hydrogens is 292 g/mol. The molecule has 20 heavy (non-hydrogen) atoms. The van der Waals surface area contributed by atoms with Crippen molar-refractivity contribution in [2.45, 2.75) is 51.0 Å². The van der Waals surface area contributed by atoms with Gasteiger partial charge in [0, 0.05) is 13.1 Å². The first-order valence-corrected chi connectivity index (χ1v) is 9.28.